The lowest BCUT2D eigenvalue weighted by Gasteiger charge is -2.22. The second-order valence-electron chi connectivity index (χ2n) is 3.31. The topological polar surface area (TPSA) is 0 Å². The predicted octanol–water partition coefficient (Wildman–Crippen LogP) is 3.49. The largest absolute Gasteiger partial charge is 0.0863 e. The fraction of sp³-hybridized carbons (Fsp3) is 1.00. The lowest BCUT2D eigenvalue weighted by atomic mass is 10.6. The van der Waals surface area contributed by atoms with E-state index in [2.05, 4.69) is 64.8 Å². The molecule has 9 heavy (non-hydrogen) atoms. The highest BCUT2D eigenvalue weighted by molar-refractivity contribution is 14.1. The van der Waals surface area contributed by atoms with Crippen LogP contribution in [0.5, 0.6) is 0 Å². The van der Waals surface area contributed by atoms with E-state index in [1.165, 1.54) is 10.8 Å². The molecule has 0 amide bonds. The summed E-state index contributed by atoms with van der Waals surface area (Å²) in [5.41, 5.74) is 0. The van der Waals surface area contributed by atoms with Crippen LogP contribution in [0.4, 0.5) is 0 Å². The molecule has 1 unspecified atom stereocenters. The van der Waals surface area contributed by atoms with Crippen LogP contribution in [0.1, 0.15) is 6.42 Å². The number of alkyl halides is 2. The van der Waals surface area contributed by atoms with Gasteiger partial charge in [-0.05, 0) is 6.42 Å². The second-order valence-corrected chi connectivity index (χ2v) is 12.5. The van der Waals surface area contributed by atoms with Gasteiger partial charge < -0.3 is 0 Å². The van der Waals surface area contributed by atoms with Gasteiger partial charge >= 0.3 is 0 Å². The van der Waals surface area contributed by atoms with Crippen molar-refractivity contribution in [3.63, 3.8) is 0 Å². The van der Waals surface area contributed by atoms with Gasteiger partial charge in [-0.15, -0.1) is 0 Å². The Morgan fingerprint density at radius 2 is 1.78 bits per heavy atom. The van der Waals surface area contributed by atoms with Crippen LogP contribution in [0, 0.1) is 0 Å². The van der Waals surface area contributed by atoms with Crippen LogP contribution in [0.3, 0.4) is 0 Å². The molecule has 56 valence electrons. The van der Waals surface area contributed by atoms with Gasteiger partial charge in [0.1, 0.15) is 0 Å². The monoisotopic (exact) mass is 368 g/mol. The summed E-state index contributed by atoms with van der Waals surface area (Å²) in [7, 11) is -0.800. The maximum Gasteiger partial charge on any atom is 0.0585 e. The standard InChI is InChI=1S/C6H14I2Si/c1-9(2,3)6(8)4-5-7/h6H,4-5H2,1-3H3. The van der Waals surface area contributed by atoms with Gasteiger partial charge in [0.25, 0.3) is 0 Å². The summed E-state index contributed by atoms with van der Waals surface area (Å²) in [4.78, 5) is 0. The molecule has 0 nitrogen and oxygen atoms in total. The Bertz CT molecular complexity index is 77.6. The first kappa shape index (κ1) is 10.7. The number of hydrogen-bond donors (Lipinski definition) is 0. The summed E-state index contributed by atoms with van der Waals surface area (Å²) in [5.74, 6) is 0. The zero-order chi connectivity index (χ0) is 7.49. The molecule has 0 aliphatic rings. The molecule has 0 aromatic heterocycles. The Kier molecular flexibility index (Phi) is 5.38. The molecule has 0 radical (unpaired) electrons. The third-order valence-corrected chi connectivity index (χ3v) is 10.3. The van der Waals surface area contributed by atoms with Crippen molar-refractivity contribution in [3.05, 3.63) is 0 Å². The first-order valence-electron chi connectivity index (χ1n) is 3.18. The molecular weight excluding hydrogens is 354 g/mol. The summed E-state index contributed by atoms with van der Waals surface area (Å²) in [6, 6.07) is 0. The van der Waals surface area contributed by atoms with Crippen LogP contribution in [-0.4, -0.2) is 16.0 Å². The molecule has 3 heteroatoms. The first-order chi connectivity index (χ1) is 3.98. The first-order valence-corrected chi connectivity index (χ1v) is 9.53. The summed E-state index contributed by atoms with van der Waals surface area (Å²) in [5, 5.41) is 0. The highest BCUT2D eigenvalue weighted by atomic mass is 127. The molecule has 0 rings (SSSR count). The highest BCUT2D eigenvalue weighted by Crippen LogP contribution is 2.20. The lowest BCUT2D eigenvalue weighted by molar-refractivity contribution is 1.07. The number of hydrogen-bond acceptors (Lipinski definition) is 0. The summed E-state index contributed by atoms with van der Waals surface area (Å²) >= 11 is 5.07. The minimum atomic E-state index is -0.800. The molecule has 0 saturated carbocycles. The summed E-state index contributed by atoms with van der Waals surface area (Å²) in [6.45, 7) is 7.32. The molecule has 0 spiro atoms. The van der Waals surface area contributed by atoms with E-state index in [4.69, 9.17) is 0 Å². The Morgan fingerprint density at radius 3 is 1.89 bits per heavy atom. The van der Waals surface area contributed by atoms with E-state index in [1.54, 1.807) is 0 Å². The van der Waals surface area contributed by atoms with Gasteiger partial charge in [0.2, 0.25) is 0 Å². The van der Waals surface area contributed by atoms with Gasteiger partial charge in [-0.3, -0.25) is 0 Å². The molecule has 1 atom stereocenters. The smallest absolute Gasteiger partial charge is 0.0585 e. The van der Waals surface area contributed by atoms with Gasteiger partial charge in [0.15, 0.2) is 0 Å². The van der Waals surface area contributed by atoms with Gasteiger partial charge in [-0.2, -0.15) is 0 Å². The van der Waals surface area contributed by atoms with Crippen molar-refractivity contribution >= 4 is 53.3 Å². The average molecular weight is 368 g/mol. The Labute approximate surface area is 86.5 Å². The van der Waals surface area contributed by atoms with Crippen LogP contribution in [0.2, 0.25) is 19.6 Å². The molecule has 0 aromatic rings. The average Bonchev–Trinajstić information content (AvgIpc) is 1.64. The number of halogens is 2. The van der Waals surface area contributed by atoms with Crippen molar-refractivity contribution in [2.45, 2.75) is 29.6 Å². The molecular formula is C6H14I2Si. The van der Waals surface area contributed by atoms with Crippen molar-refractivity contribution in [2.24, 2.45) is 0 Å². The van der Waals surface area contributed by atoms with E-state index in [-0.39, 0.29) is 0 Å². The van der Waals surface area contributed by atoms with E-state index in [0.717, 1.165) is 3.55 Å². The molecule has 0 fully saturated rings. The van der Waals surface area contributed by atoms with Crippen molar-refractivity contribution in [2.75, 3.05) is 4.43 Å². The SMILES string of the molecule is C[Si](C)(C)C(I)CCI. The molecule has 0 heterocycles. The summed E-state index contributed by atoms with van der Waals surface area (Å²) in [6.07, 6.45) is 1.40. The molecule has 0 saturated heterocycles. The maximum atomic E-state index is 2.61. The second kappa shape index (κ2) is 4.53. The van der Waals surface area contributed by atoms with E-state index in [9.17, 15) is 0 Å². The van der Waals surface area contributed by atoms with Gasteiger partial charge in [-0.25, -0.2) is 0 Å². The highest BCUT2D eigenvalue weighted by Gasteiger charge is 2.22. The van der Waals surface area contributed by atoms with Crippen LogP contribution in [0.15, 0.2) is 0 Å². The maximum absolute atomic E-state index is 2.61. The van der Waals surface area contributed by atoms with Crippen LogP contribution in [0.25, 0.3) is 0 Å². The third-order valence-electron chi connectivity index (χ3n) is 1.30. The molecule has 0 N–H and O–H groups in total. The van der Waals surface area contributed by atoms with Crippen molar-refractivity contribution in [3.8, 4) is 0 Å². The normalized spacial score (nSPS) is 15.7. The van der Waals surface area contributed by atoms with Gasteiger partial charge in [0, 0.05) is 7.98 Å². The van der Waals surface area contributed by atoms with Crippen molar-refractivity contribution in [1.82, 2.24) is 0 Å². The minimum Gasteiger partial charge on any atom is -0.0863 e. The quantitative estimate of drug-likeness (QED) is 0.407. The zero-order valence-corrected chi connectivity index (χ0v) is 11.6. The zero-order valence-electron chi connectivity index (χ0n) is 6.25. The molecule has 0 aliphatic carbocycles. The Morgan fingerprint density at radius 1 is 1.33 bits per heavy atom. The van der Waals surface area contributed by atoms with E-state index in [1.807, 2.05) is 0 Å². The molecule has 0 aromatic carbocycles. The molecule has 0 aliphatic heterocycles. The third kappa shape index (κ3) is 5.00. The van der Waals surface area contributed by atoms with Crippen LogP contribution in [-0.2, 0) is 0 Å². The lowest BCUT2D eigenvalue weighted by Crippen LogP contribution is -2.33. The predicted molar refractivity (Wildman–Crippen MR) is 64.7 cm³/mol. The fourth-order valence-electron chi connectivity index (χ4n) is 0.529. The van der Waals surface area contributed by atoms with Gasteiger partial charge in [-0.1, -0.05) is 64.8 Å². The van der Waals surface area contributed by atoms with Crippen molar-refractivity contribution < 1.29 is 0 Å². The van der Waals surface area contributed by atoms with Crippen molar-refractivity contribution in [1.29, 1.82) is 0 Å². The molecule has 0 bridgehead atoms. The van der Waals surface area contributed by atoms with E-state index >= 15 is 0 Å². The van der Waals surface area contributed by atoms with Crippen LogP contribution >= 0.6 is 45.2 Å². The minimum absolute atomic E-state index is 0.800. The van der Waals surface area contributed by atoms with E-state index < -0.39 is 8.07 Å². The fourth-order valence-corrected chi connectivity index (χ4v) is 4.25. The summed E-state index contributed by atoms with van der Waals surface area (Å²) < 4.78 is 2.28. The number of rotatable bonds is 3. The van der Waals surface area contributed by atoms with Gasteiger partial charge in [0.05, 0.1) is 8.07 Å². The Balaban J connectivity index is 3.59. The van der Waals surface area contributed by atoms with E-state index in [0.29, 0.717) is 0 Å². The van der Waals surface area contributed by atoms with Crippen LogP contribution < -0.4 is 0 Å². The Hall–Kier alpha value is 1.68.